The fraction of sp³-hybridized carbons (Fsp3) is 0.423. The Morgan fingerprint density at radius 1 is 1.26 bits per heavy atom. The van der Waals surface area contributed by atoms with Gasteiger partial charge in [0.15, 0.2) is 0 Å². The normalized spacial score (nSPS) is 16.4. The number of carbonyl (C=O) groups excluding carboxylic acids is 2. The summed E-state index contributed by atoms with van der Waals surface area (Å²) in [6, 6.07) is 8.26. The molecule has 9 heteroatoms. The second-order valence-electron chi connectivity index (χ2n) is 9.74. The molecule has 8 nitrogen and oxygen atoms in total. The third-order valence-corrected chi connectivity index (χ3v) is 5.81. The number of pyridine rings is 1. The van der Waals surface area contributed by atoms with E-state index >= 15 is 4.39 Å². The molecule has 3 heterocycles. The second-order valence-corrected chi connectivity index (χ2v) is 9.74. The molecule has 0 radical (unpaired) electrons. The van der Waals surface area contributed by atoms with Crippen molar-refractivity contribution in [1.82, 2.24) is 19.6 Å². The van der Waals surface area contributed by atoms with Gasteiger partial charge in [0.05, 0.1) is 30.6 Å². The van der Waals surface area contributed by atoms with Crippen molar-refractivity contribution in [2.24, 2.45) is 0 Å². The van der Waals surface area contributed by atoms with Gasteiger partial charge in [-0.05, 0) is 63.6 Å². The van der Waals surface area contributed by atoms with Gasteiger partial charge in [-0.25, -0.2) is 14.2 Å². The van der Waals surface area contributed by atoms with Crippen LogP contribution in [0, 0.1) is 12.7 Å². The standard InChI is InChI=1S/C26H31FN4O4/c1-16-8-9-31-21(14-18-15-30(10-11-34-18)25(33)35-26(2,3)4)23(29-22(31)12-16)19-7-6-17(13-20(19)27)24(32)28-5/h6-9,12-13,18H,10-11,14-15H2,1-5H3,(H,28,32)/t18-/m0/s1. The van der Waals surface area contributed by atoms with Gasteiger partial charge in [-0.3, -0.25) is 4.79 Å². The highest BCUT2D eigenvalue weighted by Crippen LogP contribution is 2.30. The number of hydrogen-bond acceptors (Lipinski definition) is 5. The van der Waals surface area contributed by atoms with Crippen LogP contribution < -0.4 is 5.32 Å². The molecule has 1 aliphatic rings. The molecular weight excluding hydrogens is 451 g/mol. The molecule has 2 amide bonds. The lowest BCUT2D eigenvalue weighted by molar-refractivity contribution is -0.0418. The smallest absolute Gasteiger partial charge is 0.410 e. The molecule has 0 aliphatic carbocycles. The van der Waals surface area contributed by atoms with Crippen LogP contribution in [0.2, 0.25) is 0 Å². The Kier molecular flexibility index (Phi) is 6.80. The average Bonchev–Trinajstić information content (AvgIpc) is 3.14. The molecule has 1 atom stereocenters. The summed E-state index contributed by atoms with van der Waals surface area (Å²) < 4.78 is 28.6. The number of imidazole rings is 1. The van der Waals surface area contributed by atoms with Crippen LogP contribution in [0.3, 0.4) is 0 Å². The summed E-state index contributed by atoms with van der Waals surface area (Å²) >= 11 is 0. The predicted molar refractivity (Wildman–Crippen MR) is 130 cm³/mol. The summed E-state index contributed by atoms with van der Waals surface area (Å²) in [5, 5.41) is 2.50. The highest BCUT2D eigenvalue weighted by molar-refractivity contribution is 5.94. The van der Waals surface area contributed by atoms with Gasteiger partial charge in [0.1, 0.15) is 17.1 Å². The van der Waals surface area contributed by atoms with E-state index in [1.54, 1.807) is 17.0 Å². The summed E-state index contributed by atoms with van der Waals surface area (Å²) in [5.41, 5.74) is 2.91. The van der Waals surface area contributed by atoms with Crippen molar-refractivity contribution in [1.29, 1.82) is 0 Å². The molecule has 0 unspecified atom stereocenters. The van der Waals surface area contributed by atoms with E-state index in [1.807, 2.05) is 50.4 Å². The third-order valence-electron chi connectivity index (χ3n) is 5.81. The van der Waals surface area contributed by atoms with E-state index in [0.717, 1.165) is 11.3 Å². The molecule has 3 aromatic rings. The number of rotatable bonds is 4. The van der Waals surface area contributed by atoms with Crippen molar-refractivity contribution in [2.45, 2.75) is 45.8 Å². The van der Waals surface area contributed by atoms with Crippen molar-refractivity contribution in [3.63, 3.8) is 0 Å². The van der Waals surface area contributed by atoms with Gasteiger partial charge in [-0.1, -0.05) is 0 Å². The number of benzene rings is 1. The molecule has 1 fully saturated rings. The monoisotopic (exact) mass is 482 g/mol. The molecule has 1 saturated heterocycles. The summed E-state index contributed by atoms with van der Waals surface area (Å²) in [5.74, 6) is -0.897. The number of carbonyl (C=O) groups is 2. The van der Waals surface area contributed by atoms with Gasteiger partial charge in [-0.15, -0.1) is 0 Å². The Bertz CT molecular complexity index is 1260. The van der Waals surface area contributed by atoms with E-state index in [1.165, 1.54) is 13.1 Å². The summed E-state index contributed by atoms with van der Waals surface area (Å²) in [6.07, 6.45) is 1.62. The highest BCUT2D eigenvalue weighted by Gasteiger charge is 2.30. The fourth-order valence-corrected chi connectivity index (χ4v) is 4.15. The molecule has 1 aliphatic heterocycles. The van der Waals surface area contributed by atoms with Gasteiger partial charge >= 0.3 is 6.09 Å². The number of hydrogen-bond donors (Lipinski definition) is 1. The SMILES string of the molecule is CNC(=O)c1ccc(-c2nc3cc(C)ccn3c2C[C@H]2CN(C(=O)OC(C)(C)C)CCO2)c(F)c1. The van der Waals surface area contributed by atoms with Gasteiger partial charge in [0.2, 0.25) is 0 Å². The number of aromatic nitrogens is 2. The maximum atomic E-state index is 15.2. The quantitative estimate of drug-likeness (QED) is 0.608. The summed E-state index contributed by atoms with van der Waals surface area (Å²) in [4.78, 5) is 30.9. The van der Waals surface area contributed by atoms with Crippen LogP contribution in [-0.4, -0.2) is 64.7 Å². The van der Waals surface area contributed by atoms with Crippen LogP contribution in [0.4, 0.5) is 9.18 Å². The molecule has 1 N–H and O–H groups in total. The van der Waals surface area contributed by atoms with Crippen LogP contribution in [0.15, 0.2) is 36.5 Å². The number of nitrogens with one attached hydrogen (secondary N) is 1. The van der Waals surface area contributed by atoms with Crippen LogP contribution in [0.25, 0.3) is 16.9 Å². The van der Waals surface area contributed by atoms with Crippen molar-refractivity contribution in [3.8, 4) is 11.3 Å². The number of morpholine rings is 1. The van der Waals surface area contributed by atoms with Crippen molar-refractivity contribution < 1.29 is 23.5 Å². The van der Waals surface area contributed by atoms with E-state index < -0.39 is 11.4 Å². The second kappa shape index (κ2) is 9.65. The Morgan fingerprint density at radius 3 is 2.71 bits per heavy atom. The van der Waals surface area contributed by atoms with Gasteiger partial charge in [-0.2, -0.15) is 0 Å². The predicted octanol–water partition coefficient (Wildman–Crippen LogP) is 3.99. The molecule has 35 heavy (non-hydrogen) atoms. The van der Waals surface area contributed by atoms with Crippen molar-refractivity contribution in [2.75, 3.05) is 26.7 Å². The van der Waals surface area contributed by atoms with Gasteiger partial charge in [0.25, 0.3) is 5.91 Å². The van der Waals surface area contributed by atoms with Gasteiger partial charge in [0, 0.05) is 37.3 Å². The zero-order chi connectivity index (χ0) is 25.3. The third kappa shape index (κ3) is 5.45. The van der Waals surface area contributed by atoms with Crippen molar-refractivity contribution >= 4 is 17.6 Å². The molecule has 0 saturated carbocycles. The number of aryl methyl sites for hydroxylation is 1. The Labute approximate surface area is 204 Å². The lowest BCUT2D eigenvalue weighted by Crippen LogP contribution is -2.48. The van der Waals surface area contributed by atoms with E-state index in [-0.39, 0.29) is 23.7 Å². The first-order valence-electron chi connectivity index (χ1n) is 11.6. The molecule has 0 spiro atoms. The Hall–Kier alpha value is -3.46. The number of ether oxygens (including phenoxy) is 2. The highest BCUT2D eigenvalue weighted by atomic mass is 19.1. The zero-order valence-corrected chi connectivity index (χ0v) is 20.7. The van der Waals surface area contributed by atoms with E-state index in [4.69, 9.17) is 14.5 Å². The summed E-state index contributed by atoms with van der Waals surface area (Å²) in [7, 11) is 1.50. The van der Waals surface area contributed by atoms with Crippen molar-refractivity contribution in [3.05, 3.63) is 59.2 Å². The minimum atomic E-state index is -0.587. The Morgan fingerprint density at radius 2 is 2.03 bits per heavy atom. The lowest BCUT2D eigenvalue weighted by atomic mass is 10.0. The van der Waals surface area contributed by atoms with E-state index in [9.17, 15) is 9.59 Å². The maximum absolute atomic E-state index is 15.2. The number of amides is 2. The number of nitrogens with zero attached hydrogens (tertiary/aromatic N) is 3. The largest absolute Gasteiger partial charge is 0.444 e. The topological polar surface area (TPSA) is 85.2 Å². The first-order valence-corrected chi connectivity index (χ1v) is 11.6. The molecule has 1 aromatic carbocycles. The minimum absolute atomic E-state index is 0.235. The Balaban J connectivity index is 1.68. The fourth-order valence-electron chi connectivity index (χ4n) is 4.15. The minimum Gasteiger partial charge on any atom is -0.444 e. The van der Waals surface area contributed by atoms with Crippen LogP contribution in [-0.2, 0) is 15.9 Å². The van der Waals surface area contributed by atoms with Crippen LogP contribution in [0.1, 0.15) is 42.4 Å². The number of halogens is 1. The summed E-state index contributed by atoms with van der Waals surface area (Å²) in [6.45, 7) is 8.64. The first kappa shape index (κ1) is 24.7. The molecule has 0 bridgehead atoms. The van der Waals surface area contributed by atoms with E-state index in [2.05, 4.69) is 5.32 Å². The average molecular weight is 483 g/mol. The zero-order valence-electron chi connectivity index (χ0n) is 20.7. The first-order chi connectivity index (χ1) is 16.6. The number of fused-ring (bicyclic) bond motifs is 1. The van der Waals surface area contributed by atoms with Crippen LogP contribution >= 0.6 is 0 Å². The van der Waals surface area contributed by atoms with Crippen LogP contribution in [0.5, 0.6) is 0 Å². The van der Waals surface area contributed by atoms with Gasteiger partial charge < -0.3 is 24.1 Å². The van der Waals surface area contributed by atoms with E-state index in [0.29, 0.717) is 43.0 Å². The maximum Gasteiger partial charge on any atom is 0.410 e. The molecule has 4 rings (SSSR count). The molecule has 186 valence electrons. The molecular formula is C26H31FN4O4. The molecule has 2 aromatic heterocycles. The lowest BCUT2D eigenvalue weighted by Gasteiger charge is -2.34.